The third-order valence-electron chi connectivity index (χ3n) is 8.89. The molecule has 7 rings (SSSR count). The first-order chi connectivity index (χ1) is 23.8. The number of benzene rings is 4. The van der Waals surface area contributed by atoms with Crippen molar-refractivity contribution in [1.29, 1.82) is 0 Å². The first-order valence-electron chi connectivity index (χ1n) is 16.1. The van der Waals surface area contributed by atoms with Crippen molar-refractivity contribution in [3.63, 3.8) is 0 Å². The number of rotatable bonds is 8. The lowest BCUT2D eigenvalue weighted by atomic mass is 9.95. The van der Waals surface area contributed by atoms with Crippen LogP contribution in [0.1, 0.15) is 56.4 Å². The van der Waals surface area contributed by atoms with Crippen LogP contribution in [0.3, 0.4) is 0 Å². The second kappa shape index (κ2) is 13.6. The summed E-state index contributed by atoms with van der Waals surface area (Å²) in [4.78, 5) is 35.9. The summed E-state index contributed by atoms with van der Waals surface area (Å²) in [6.45, 7) is 3.54. The number of hydrogen-bond acceptors (Lipinski definition) is 5. The molecule has 0 atom stereocenters. The maximum atomic E-state index is 13.7. The van der Waals surface area contributed by atoms with Crippen molar-refractivity contribution in [2.45, 2.75) is 32.2 Å². The molecule has 0 saturated carbocycles. The van der Waals surface area contributed by atoms with Crippen LogP contribution in [0, 0.1) is 18.6 Å². The molecular weight excluding hydrogens is 624 g/mol. The summed E-state index contributed by atoms with van der Waals surface area (Å²) in [6, 6.07) is 26.3. The highest BCUT2D eigenvalue weighted by atomic mass is 19.2. The summed E-state index contributed by atoms with van der Waals surface area (Å²) >= 11 is 0. The number of halogens is 2. The number of para-hydroxylation sites is 1. The Labute approximate surface area is 281 Å². The Morgan fingerprint density at radius 2 is 1.65 bits per heavy atom. The van der Waals surface area contributed by atoms with Gasteiger partial charge in [0.2, 0.25) is 0 Å². The molecule has 0 radical (unpaired) electrons. The minimum absolute atomic E-state index is 0.0264. The number of aryl methyl sites for hydroxylation is 1. The number of hydrogen-bond donors (Lipinski definition) is 2. The molecule has 0 bridgehead atoms. The van der Waals surface area contributed by atoms with Gasteiger partial charge in [0.1, 0.15) is 11.5 Å². The number of H-pyrrole nitrogens is 1. The zero-order chi connectivity index (χ0) is 33.9. The molecule has 0 unspecified atom stereocenters. The zero-order valence-electron chi connectivity index (χ0n) is 26.7. The number of carbonyl (C=O) groups is 2. The Morgan fingerprint density at radius 1 is 0.898 bits per heavy atom. The molecule has 6 aromatic rings. The first-order valence-corrected chi connectivity index (χ1v) is 16.1. The molecule has 49 heavy (non-hydrogen) atoms. The van der Waals surface area contributed by atoms with Crippen molar-refractivity contribution < 1.29 is 18.4 Å². The van der Waals surface area contributed by atoms with E-state index in [4.69, 9.17) is 0 Å². The zero-order valence-corrected chi connectivity index (χ0v) is 26.7. The second-order valence-corrected chi connectivity index (χ2v) is 12.2. The Kier molecular flexibility index (Phi) is 8.80. The summed E-state index contributed by atoms with van der Waals surface area (Å²) in [5.74, 6) is -1.09. The number of aromatic amines is 1. The maximum Gasteiger partial charge on any atom is 0.255 e. The van der Waals surface area contributed by atoms with Crippen LogP contribution < -0.4 is 5.32 Å². The SMILES string of the molecule is Cc1ccc(-c2cn(Cc3ccc(C(=O)N4CCC(c5ncc(-c6ccc(F)c(F)c6)[nH]5)CC4)cc3)nn2)cc1C(=O)Nc1ccccc1. The van der Waals surface area contributed by atoms with Gasteiger partial charge in [0, 0.05) is 46.9 Å². The number of carbonyl (C=O) groups excluding carboxylic acids is 2. The van der Waals surface area contributed by atoms with E-state index in [2.05, 4.69) is 25.6 Å². The molecule has 1 fully saturated rings. The molecule has 11 heteroatoms. The van der Waals surface area contributed by atoms with Gasteiger partial charge in [-0.3, -0.25) is 9.59 Å². The summed E-state index contributed by atoms with van der Waals surface area (Å²) in [5.41, 5.74) is 6.33. The molecule has 3 heterocycles. The Morgan fingerprint density at radius 3 is 2.41 bits per heavy atom. The number of nitrogens with zero attached hydrogens (tertiary/aromatic N) is 5. The Balaban J connectivity index is 0.943. The van der Waals surface area contributed by atoms with Gasteiger partial charge in [-0.2, -0.15) is 0 Å². The molecule has 9 nitrogen and oxygen atoms in total. The van der Waals surface area contributed by atoms with E-state index in [0.29, 0.717) is 47.7 Å². The summed E-state index contributed by atoms with van der Waals surface area (Å²) in [7, 11) is 0. The van der Waals surface area contributed by atoms with Gasteiger partial charge >= 0.3 is 0 Å². The smallest absolute Gasteiger partial charge is 0.255 e. The van der Waals surface area contributed by atoms with Gasteiger partial charge < -0.3 is 15.2 Å². The largest absolute Gasteiger partial charge is 0.342 e. The van der Waals surface area contributed by atoms with Crippen LogP contribution in [-0.4, -0.2) is 54.8 Å². The highest BCUT2D eigenvalue weighted by Crippen LogP contribution is 2.29. The monoisotopic (exact) mass is 657 g/mol. The van der Waals surface area contributed by atoms with E-state index >= 15 is 0 Å². The number of imidazole rings is 1. The molecule has 2 aromatic heterocycles. The van der Waals surface area contributed by atoms with Crippen LogP contribution in [0.4, 0.5) is 14.5 Å². The molecule has 2 N–H and O–H groups in total. The van der Waals surface area contributed by atoms with Crippen molar-refractivity contribution in [1.82, 2.24) is 29.9 Å². The summed E-state index contributed by atoms with van der Waals surface area (Å²) in [6.07, 6.45) is 4.95. The molecular formula is C38H33F2N7O2. The predicted octanol–water partition coefficient (Wildman–Crippen LogP) is 7.24. The van der Waals surface area contributed by atoms with Crippen molar-refractivity contribution in [2.24, 2.45) is 0 Å². The fourth-order valence-corrected chi connectivity index (χ4v) is 6.09. The number of likely N-dealkylation sites (tertiary alicyclic amines) is 1. The second-order valence-electron chi connectivity index (χ2n) is 12.2. The summed E-state index contributed by atoms with van der Waals surface area (Å²) < 4.78 is 28.8. The van der Waals surface area contributed by atoms with Gasteiger partial charge in [0.15, 0.2) is 11.6 Å². The molecule has 1 aliphatic heterocycles. The first kappa shape index (κ1) is 31.6. The average Bonchev–Trinajstić information content (AvgIpc) is 3.81. The molecule has 0 aliphatic carbocycles. The topological polar surface area (TPSA) is 109 Å². The number of amides is 2. The van der Waals surface area contributed by atoms with Crippen LogP contribution in [0.2, 0.25) is 0 Å². The van der Waals surface area contributed by atoms with Gasteiger partial charge in [-0.05, 0) is 79.4 Å². The third-order valence-corrected chi connectivity index (χ3v) is 8.89. The third kappa shape index (κ3) is 7.01. The fourth-order valence-electron chi connectivity index (χ4n) is 6.09. The minimum Gasteiger partial charge on any atom is -0.342 e. The molecule has 246 valence electrons. The van der Waals surface area contributed by atoms with Gasteiger partial charge in [-0.1, -0.05) is 47.7 Å². The van der Waals surface area contributed by atoms with Crippen molar-refractivity contribution >= 4 is 17.5 Å². The van der Waals surface area contributed by atoms with E-state index in [0.717, 1.165) is 53.2 Å². The van der Waals surface area contributed by atoms with E-state index in [1.807, 2.05) is 90.8 Å². The fraction of sp³-hybridized carbons (Fsp3) is 0.184. The lowest BCUT2D eigenvalue weighted by Crippen LogP contribution is -2.38. The molecule has 2 amide bonds. The van der Waals surface area contributed by atoms with Crippen LogP contribution in [0.25, 0.3) is 22.5 Å². The van der Waals surface area contributed by atoms with E-state index in [1.54, 1.807) is 10.9 Å². The summed E-state index contributed by atoms with van der Waals surface area (Å²) in [5, 5.41) is 11.6. The van der Waals surface area contributed by atoms with Gasteiger partial charge in [-0.15, -0.1) is 5.10 Å². The highest BCUT2D eigenvalue weighted by molar-refractivity contribution is 6.06. The van der Waals surface area contributed by atoms with Crippen LogP contribution in [0.5, 0.6) is 0 Å². The van der Waals surface area contributed by atoms with Gasteiger partial charge in [0.25, 0.3) is 11.8 Å². The molecule has 1 saturated heterocycles. The quantitative estimate of drug-likeness (QED) is 0.179. The van der Waals surface area contributed by atoms with Crippen molar-refractivity contribution in [3.8, 4) is 22.5 Å². The van der Waals surface area contributed by atoms with Gasteiger partial charge in [0.05, 0.1) is 24.6 Å². The standard InChI is InChI=1S/C38H33F2N7O2/c1-24-7-10-28(19-31(24)37(48)42-30-5-3-2-4-6-30)35-23-47(45-44-35)22-25-8-11-27(12-9-25)38(49)46-17-15-26(16-18-46)36-41-21-34(43-36)29-13-14-32(39)33(40)20-29/h2-14,19-21,23,26H,15-18,22H2,1H3,(H,41,43)(H,42,48). The van der Waals surface area contributed by atoms with E-state index < -0.39 is 11.6 Å². The molecule has 1 aliphatic rings. The normalized spacial score (nSPS) is 13.4. The lowest BCUT2D eigenvalue weighted by molar-refractivity contribution is 0.0711. The number of aromatic nitrogens is 5. The van der Waals surface area contributed by atoms with E-state index in [9.17, 15) is 18.4 Å². The van der Waals surface area contributed by atoms with Crippen molar-refractivity contribution in [3.05, 3.63) is 143 Å². The lowest BCUT2D eigenvalue weighted by Gasteiger charge is -2.31. The molecule has 4 aromatic carbocycles. The maximum absolute atomic E-state index is 13.7. The average molecular weight is 658 g/mol. The molecule has 0 spiro atoms. The Hall–Kier alpha value is -5.97. The van der Waals surface area contributed by atoms with Crippen molar-refractivity contribution in [2.75, 3.05) is 18.4 Å². The minimum atomic E-state index is -0.902. The number of piperidine rings is 1. The number of nitrogens with one attached hydrogen (secondary N) is 2. The number of anilines is 1. The Bertz CT molecular complexity index is 2120. The van der Waals surface area contributed by atoms with Crippen LogP contribution >= 0.6 is 0 Å². The predicted molar refractivity (Wildman–Crippen MR) is 182 cm³/mol. The van der Waals surface area contributed by atoms with E-state index in [1.165, 1.54) is 6.07 Å². The van der Waals surface area contributed by atoms with Crippen LogP contribution in [0.15, 0.2) is 103 Å². The highest BCUT2D eigenvalue weighted by Gasteiger charge is 2.26. The van der Waals surface area contributed by atoms with Gasteiger partial charge in [-0.25, -0.2) is 18.4 Å². The van der Waals surface area contributed by atoms with Crippen LogP contribution in [-0.2, 0) is 6.54 Å². The van der Waals surface area contributed by atoms with E-state index in [-0.39, 0.29) is 17.7 Å².